The van der Waals surface area contributed by atoms with Crippen LogP contribution in [0.25, 0.3) is 32.9 Å². The topological polar surface area (TPSA) is 83.4 Å². The predicted molar refractivity (Wildman–Crippen MR) is 143 cm³/mol. The minimum atomic E-state index is -4.62. The quantitative estimate of drug-likeness (QED) is 0.220. The zero-order valence-electron chi connectivity index (χ0n) is 21.9. The van der Waals surface area contributed by atoms with Crippen molar-refractivity contribution in [1.82, 2.24) is 19.9 Å². The fourth-order valence-electron chi connectivity index (χ4n) is 6.01. The van der Waals surface area contributed by atoms with Gasteiger partial charge in [0.05, 0.1) is 16.5 Å². The van der Waals surface area contributed by atoms with E-state index >= 15 is 4.39 Å². The van der Waals surface area contributed by atoms with E-state index in [9.17, 15) is 27.1 Å². The fraction of sp³-hybridized carbons (Fsp3) is 0.345. The number of halogens is 6. The second-order valence-corrected chi connectivity index (χ2v) is 10.5. The summed E-state index contributed by atoms with van der Waals surface area (Å²) in [6.07, 6.45) is 2.65. The number of phenols is 1. The third-order valence-electron chi connectivity index (χ3n) is 7.80. The number of nitrogens with one attached hydrogen (secondary N) is 1. The lowest BCUT2D eigenvalue weighted by atomic mass is 9.95. The van der Waals surface area contributed by atoms with Gasteiger partial charge in [0.25, 0.3) is 0 Å². The molecule has 2 aliphatic rings. The number of pyridine rings is 1. The Hall–Kier alpha value is -4.31. The maximum atomic E-state index is 16.2. The molecule has 0 spiro atoms. The number of terminal acetylenes is 1. The van der Waals surface area contributed by atoms with E-state index in [-0.39, 0.29) is 58.7 Å². The molecule has 0 radical (unpaired) electrons. The molecule has 0 saturated carbocycles. The maximum absolute atomic E-state index is 16.2. The number of nitrogens with zero attached hydrogens (tertiary/aromatic N) is 4. The van der Waals surface area contributed by atoms with E-state index in [1.807, 2.05) is 4.90 Å². The fourth-order valence-corrected chi connectivity index (χ4v) is 6.01. The number of rotatable bonds is 6. The van der Waals surface area contributed by atoms with Crippen LogP contribution in [0.2, 0.25) is 0 Å². The van der Waals surface area contributed by atoms with Gasteiger partial charge in [-0.05, 0) is 43.0 Å². The molecular weight excluding hydrogens is 564 g/mol. The van der Waals surface area contributed by atoms with Crippen LogP contribution in [-0.4, -0.2) is 69.1 Å². The molecule has 0 unspecified atom stereocenters. The van der Waals surface area contributed by atoms with E-state index < -0.39 is 47.6 Å². The molecule has 7 nitrogen and oxygen atoms in total. The van der Waals surface area contributed by atoms with Gasteiger partial charge in [-0.1, -0.05) is 12.0 Å². The number of fused-ring (bicyclic) bond motifs is 3. The Morgan fingerprint density at radius 2 is 2.02 bits per heavy atom. The summed E-state index contributed by atoms with van der Waals surface area (Å²) in [6.45, 7) is -0.588. The van der Waals surface area contributed by atoms with Crippen molar-refractivity contribution in [2.45, 2.75) is 37.1 Å². The van der Waals surface area contributed by atoms with Crippen LogP contribution in [0.5, 0.6) is 11.8 Å². The first-order chi connectivity index (χ1) is 20.0. The number of aromatic nitrogens is 3. The van der Waals surface area contributed by atoms with E-state index in [1.165, 1.54) is 12.1 Å². The molecular formula is C29H23F6N5O2. The highest BCUT2D eigenvalue weighted by Gasteiger charge is 2.49. The largest absolute Gasteiger partial charge is 0.508 e. The SMILES string of the molecule is C#Cc1c(F)ccc2cc(O)cc(-c3ncc4c(NCC(F)(F)F)nc(OC[C@@]56CCCN5C[C@H](F)C6)nc4c3F)c12. The Morgan fingerprint density at radius 1 is 1.21 bits per heavy atom. The average molecular weight is 588 g/mol. The first kappa shape index (κ1) is 27.8. The van der Waals surface area contributed by atoms with Crippen molar-refractivity contribution in [1.29, 1.82) is 0 Å². The standard InChI is InChI=1S/C29H23F6N5O2/c1-2-18-21(31)5-4-15-8-17(41)9-19(22(15)18)24-23(32)25-20(11-36-24)26(37-13-29(33,34)35)39-27(38-25)42-14-28-6-3-7-40(28)12-16(30)10-28/h1,4-5,8-9,11,16,41H,3,6-7,10,12-14H2,(H,37,38,39)/t16-,28+/m1/s1. The molecule has 2 atom stereocenters. The smallest absolute Gasteiger partial charge is 0.405 e. The summed E-state index contributed by atoms with van der Waals surface area (Å²) in [7, 11) is 0. The predicted octanol–water partition coefficient (Wildman–Crippen LogP) is 5.74. The molecule has 2 N–H and O–H groups in total. The van der Waals surface area contributed by atoms with Crippen LogP contribution in [0.3, 0.4) is 0 Å². The summed E-state index contributed by atoms with van der Waals surface area (Å²) in [6, 6.07) is 4.53. The second kappa shape index (κ2) is 10.2. The normalized spacial score (nSPS) is 20.6. The molecule has 2 aromatic carbocycles. The van der Waals surface area contributed by atoms with Crippen LogP contribution in [0.4, 0.5) is 32.2 Å². The molecule has 218 valence electrons. The van der Waals surface area contributed by atoms with Gasteiger partial charge in [-0.2, -0.15) is 23.1 Å². The summed E-state index contributed by atoms with van der Waals surface area (Å²) in [5.41, 5.74) is -1.67. The summed E-state index contributed by atoms with van der Waals surface area (Å²) in [5.74, 6) is -0.258. The van der Waals surface area contributed by atoms with Crippen molar-refractivity contribution in [3.05, 3.63) is 47.7 Å². The van der Waals surface area contributed by atoms with Crippen LogP contribution in [0, 0.1) is 24.0 Å². The van der Waals surface area contributed by atoms with Crippen LogP contribution < -0.4 is 10.1 Å². The summed E-state index contributed by atoms with van der Waals surface area (Å²) in [5, 5.41) is 12.7. The average Bonchev–Trinajstić information content (AvgIpc) is 3.46. The molecule has 6 rings (SSSR count). The molecule has 13 heteroatoms. The Labute approximate surface area is 235 Å². The minimum absolute atomic E-state index is 0.0425. The number of phenolic OH excluding ortho intramolecular Hbond substituents is 1. The highest BCUT2D eigenvalue weighted by Crippen LogP contribution is 2.41. The zero-order valence-corrected chi connectivity index (χ0v) is 21.9. The molecule has 2 fully saturated rings. The Kier molecular flexibility index (Phi) is 6.76. The van der Waals surface area contributed by atoms with Crippen molar-refractivity contribution in [3.8, 4) is 35.4 Å². The lowest BCUT2D eigenvalue weighted by Gasteiger charge is -2.30. The number of aromatic hydroxyl groups is 1. The van der Waals surface area contributed by atoms with Crippen molar-refractivity contribution in [2.24, 2.45) is 0 Å². The van der Waals surface area contributed by atoms with Gasteiger partial charge in [0.2, 0.25) is 0 Å². The van der Waals surface area contributed by atoms with Crippen LogP contribution in [-0.2, 0) is 0 Å². The number of alkyl halides is 4. The Bertz CT molecular complexity index is 1760. The number of anilines is 1. The van der Waals surface area contributed by atoms with Crippen molar-refractivity contribution in [2.75, 3.05) is 31.6 Å². The van der Waals surface area contributed by atoms with E-state index in [2.05, 4.69) is 26.2 Å². The van der Waals surface area contributed by atoms with Crippen molar-refractivity contribution < 1.29 is 36.2 Å². The lowest BCUT2D eigenvalue weighted by Crippen LogP contribution is -2.43. The molecule has 4 heterocycles. The highest BCUT2D eigenvalue weighted by molar-refractivity contribution is 6.02. The van der Waals surface area contributed by atoms with Crippen LogP contribution in [0.1, 0.15) is 24.8 Å². The van der Waals surface area contributed by atoms with Crippen molar-refractivity contribution >= 4 is 27.5 Å². The minimum Gasteiger partial charge on any atom is -0.508 e. The molecule has 0 aliphatic carbocycles. The van der Waals surface area contributed by atoms with Gasteiger partial charge in [0.1, 0.15) is 47.9 Å². The van der Waals surface area contributed by atoms with Gasteiger partial charge in [0, 0.05) is 30.1 Å². The Balaban J connectivity index is 1.49. The van der Waals surface area contributed by atoms with E-state index in [0.29, 0.717) is 18.4 Å². The molecule has 0 bridgehead atoms. The molecule has 2 aromatic heterocycles. The Morgan fingerprint density at radius 3 is 2.79 bits per heavy atom. The summed E-state index contributed by atoms with van der Waals surface area (Å²) in [4.78, 5) is 14.3. The highest BCUT2D eigenvalue weighted by atomic mass is 19.4. The third kappa shape index (κ3) is 4.89. The number of benzene rings is 2. The first-order valence-electron chi connectivity index (χ1n) is 13.1. The van der Waals surface area contributed by atoms with E-state index in [4.69, 9.17) is 11.2 Å². The number of hydrogen-bond donors (Lipinski definition) is 2. The van der Waals surface area contributed by atoms with Gasteiger partial charge in [-0.15, -0.1) is 6.42 Å². The number of ether oxygens (including phenoxy) is 1. The van der Waals surface area contributed by atoms with Gasteiger partial charge in [-0.25, -0.2) is 13.2 Å². The van der Waals surface area contributed by atoms with E-state index in [1.54, 1.807) is 0 Å². The van der Waals surface area contributed by atoms with Gasteiger partial charge in [0.15, 0.2) is 5.82 Å². The number of hydrogen-bond acceptors (Lipinski definition) is 7. The first-order valence-corrected chi connectivity index (χ1v) is 13.1. The maximum Gasteiger partial charge on any atom is 0.405 e. The van der Waals surface area contributed by atoms with Gasteiger partial charge in [-0.3, -0.25) is 9.88 Å². The zero-order chi connectivity index (χ0) is 29.8. The van der Waals surface area contributed by atoms with Crippen LogP contribution >= 0.6 is 0 Å². The van der Waals surface area contributed by atoms with Crippen molar-refractivity contribution in [3.63, 3.8) is 0 Å². The van der Waals surface area contributed by atoms with Crippen LogP contribution in [0.15, 0.2) is 30.5 Å². The lowest BCUT2D eigenvalue weighted by molar-refractivity contribution is -0.115. The molecule has 42 heavy (non-hydrogen) atoms. The third-order valence-corrected chi connectivity index (χ3v) is 7.80. The van der Waals surface area contributed by atoms with Gasteiger partial charge < -0.3 is 15.2 Å². The molecule has 2 saturated heterocycles. The summed E-state index contributed by atoms with van der Waals surface area (Å²) < 4.78 is 90.2. The van der Waals surface area contributed by atoms with E-state index in [0.717, 1.165) is 24.8 Å². The molecule has 2 aliphatic heterocycles. The molecule has 0 amide bonds. The summed E-state index contributed by atoms with van der Waals surface area (Å²) >= 11 is 0. The molecule has 4 aromatic rings. The second-order valence-electron chi connectivity index (χ2n) is 10.5. The van der Waals surface area contributed by atoms with Gasteiger partial charge >= 0.3 is 12.2 Å². The monoisotopic (exact) mass is 587 g/mol.